The van der Waals surface area contributed by atoms with Crippen LogP contribution in [0, 0.1) is 11.8 Å². The summed E-state index contributed by atoms with van der Waals surface area (Å²) >= 11 is 43.7. The molecule has 0 N–H and O–H groups in total. The lowest BCUT2D eigenvalue weighted by atomic mass is 9.84. The van der Waals surface area contributed by atoms with Gasteiger partial charge >= 0.3 is 0 Å². The predicted molar refractivity (Wildman–Crippen MR) is 94.7 cm³/mol. The van der Waals surface area contributed by atoms with E-state index in [4.69, 9.17) is 86.0 Å². The van der Waals surface area contributed by atoms with Crippen LogP contribution in [-0.4, -0.2) is 37.6 Å². The summed E-state index contributed by atoms with van der Waals surface area (Å²) in [5.41, 5.74) is 0. The topological polar surface area (TPSA) is 46.6 Å². The predicted octanol–water partition coefficient (Wildman–Crippen LogP) is 4.51. The Bertz CT molecular complexity index is 670. The van der Waals surface area contributed by atoms with Crippen LogP contribution in [-0.2, 0) is 14.4 Å². The van der Waals surface area contributed by atoms with E-state index >= 15 is 0 Å². The summed E-state index contributed by atoms with van der Waals surface area (Å²) in [5.74, 6) is -3.88. The van der Waals surface area contributed by atoms with E-state index in [-0.39, 0.29) is 16.7 Å². The van der Waals surface area contributed by atoms with Gasteiger partial charge in [0.25, 0.3) is 11.8 Å². The molecule has 0 aromatic carbocycles. The van der Waals surface area contributed by atoms with Crippen LogP contribution in [0.25, 0.3) is 0 Å². The van der Waals surface area contributed by atoms with E-state index in [0.29, 0.717) is 10.1 Å². The van der Waals surface area contributed by atoms with Crippen molar-refractivity contribution < 1.29 is 14.4 Å². The van der Waals surface area contributed by atoms with Gasteiger partial charge in [-0.2, -0.15) is 5.06 Å². The van der Waals surface area contributed by atoms with Gasteiger partial charge in [0.1, 0.15) is 9.75 Å². The van der Waals surface area contributed by atoms with Gasteiger partial charge in [-0.1, -0.05) is 58.0 Å². The maximum absolute atomic E-state index is 12.7. The molecule has 2 bridgehead atoms. The zero-order chi connectivity index (χ0) is 18.2. The molecule has 1 heterocycles. The third-order valence-electron chi connectivity index (χ3n) is 4.44. The average Bonchev–Trinajstić information content (AvgIpc) is 2.86. The molecule has 3 aliphatic rings. The van der Waals surface area contributed by atoms with Gasteiger partial charge in [0.05, 0.1) is 28.5 Å². The molecule has 0 radical (unpaired) electrons. The maximum Gasteiger partial charge on any atom is 0.259 e. The molecule has 2 amide bonds. The van der Waals surface area contributed by atoms with Crippen LogP contribution >= 0.6 is 81.2 Å². The van der Waals surface area contributed by atoms with Crippen LogP contribution < -0.4 is 0 Å². The normalized spacial score (nSPS) is 40.8. The minimum absolute atomic E-state index is 0.0986. The second kappa shape index (κ2) is 5.80. The molecule has 4 nitrogen and oxygen atoms in total. The van der Waals surface area contributed by atoms with Gasteiger partial charge in [-0.15, -0.1) is 23.2 Å². The number of fused-ring (bicyclic) bond motifs is 5. The molecule has 0 aromatic rings. The Morgan fingerprint density at radius 2 is 1.50 bits per heavy atom. The van der Waals surface area contributed by atoms with Gasteiger partial charge in [-0.25, -0.2) is 0 Å². The molecule has 11 heteroatoms. The number of imide groups is 1. The number of rotatable bonds is 3. The van der Waals surface area contributed by atoms with Gasteiger partial charge in [0, 0.05) is 5.03 Å². The number of hydrogen-bond acceptors (Lipinski definition) is 3. The van der Waals surface area contributed by atoms with Crippen LogP contribution in [0.1, 0.15) is 6.92 Å². The summed E-state index contributed by atoms with van der Waals surface area (Å²) in [5, 5.41) is 0.728. The Hall–Kier alpha value is 0.610. The van der Waals surface area contributed by atoms with E-state index in [2.05, 4.69) is 0 Å². The fourth-order valence-corrected chi connectivity index (χ4v) is 6.32. The summed E-state index contributed by atoms with van der Waals surface area (Å²) < 4.78 is -1.95. The highest BCUT2D eigenvalue weighted by Crippen LogP contribution is 2.77. The summed E-state index contributed by atoms with van der Waals surface area (Å²) in [6.45, 7) is 1.52. The van der Waals surface area contributed by atoms with Crippen molar-refractivity contribution in [2.24, 2.45) is 11.8 Å². The second-order valence-electron chi connectivity index (χ2n) is 5.64. The van der Waals surface area contributed by atoms with Crippen LogP contribution in [0.5, 0.6) is 0 Å². The molecule has 2 aliphatic carbocycles. The summed E-state index contributed by atoms with van der Waals surface area (Å²) in [6, 6.07) is 0. The van der Waals surface area contributed by atoms with Crippen LogP contribution in [0.4, 0.5) is 0 Å². The number of nitrogens with zero attached hydrogens (tertiary/aromatic N) is 1. The first-order valence-corrected chi connectivity index (χ1v) is 9.23. The Morgan fingerprint density at radius 3 is 1.88 bits per heavy atom. The van der Waals surface area contributed by atoms with Crippen molar-refractivity contribution >= 4 is 93.0 Å². The Labute approximate surface area is 172 Å². The van der Waals surface area contributed by atoms with E-state index < -0.39 is 37.7 Å². The Balaban J connectivity index is 2.04. The van der Waals surface area contributed by atoms with E-state index in [1.54, 1.807) is 6.92 Å². The number of amides is 2. The minimum atomic E-state index is -1.95. The monoisotopic (exact) mass is 471 g/mol. The highest BCUT2D eigenvalue weighted by Gasteiger charge is 2.87. The van der Waals surface area contributed by atoms with E-state index in [1.165, 1.54) is 6.08 Å². The standard InChI is InChI=1S/C13H8Cl7NO3/c1-4(14)2-3-24-21-9(22)5-6(10(21)23)12(18)8(16)7(15)11(5,17)13(12,19)20/h2,5-6H,3H2,1H3/b4-2-/t5-,6-,11+,12+/m1/s1. The zero-order valence-corrected chi connectivity index (χ0v) is 17.0. The fourth-order valence-electron chi connectivity index (χ4n) is 3.32. The largest absolute Gasteiger partial charge is 0.272 e. The highest BCUT2D eigenvalue weighted by molar-refractivity contribution is 6.66. The van der Waals surface area contributed by atoms with Crippen molar-refractivity contribution in [1.29, 1.82) is 0 Å². The molecule has 4 atom stereocenters. The molecule has 3 rings (SSSR count). The number of alkyl halides is 4. The van der Waals surface area contributed by atoms with Crippen molar-refractivity contribution in [2.45, 2.75) is 21.0 Å². The average molecular weight is 474 g/mol. The first-order chi connectivity index (χ1) is 10.9. The highest BCUT2D eigenvalue weighted by atomic mass is 35.5. The lowest BCUT2D eigenvalue weighted by Crippen LogP contribution is -2.50. The third-order valence-corrected chi connectivity index (χ3v) is 8.85. The van der Waals surface area contributed by atoms with Crippen LogP contribution in [0.2, 0.25) is 0 Å². The van der Waals surface area contributed by atoms with Crippen molar-refractivity contribution in [3.63, 3.8) is 0 Å². The van der Waals surface area contributed by atoms with Gasteiger partial charge in [-0.3, -0.25) is 14.4 Å². The van der Waals surface area contributed by atoms with Gasteiger partial charge in [-0.05, 0) is 13.0 Å². The molecule has 0 aromatic heterocycles. The number of halogens is 7. The molecule has 0 spiro atoms. The fraction of sp³-hybridized carbons (Fsp3) is 0.538. The summed E-state index contributed by atoms with van der Waals surface area (Å²) in [7, 11) is 0. The number of hydroxylamine groups is 2. The van der Waals surface area contributed by atoms with Gasteiger partial charge in [0.2, 0.25) is 0 Å². The maximum atomic E-state index is 12.7. The van der Waals surface area contributed by atoms with Crippen LogP contribution in [0.3, 0.4) is 0 Å². The molecule has 1 saturated carbocycles. The smallest absolute Gasteiger partial charge is 0.259 e. The second-order valence-corrected chi connectivity index (χ2v) is 9.51. The van der Waals surface area contributed by atoms with Crippen molar-refractivity contribution in [3.05, 3.63) is 21.2 Å². The molecule has 1 saturated heterocycles. The van der Waals surface area contributed by atoms with Gasteiger partial charge < -0.3 is 0 Å². The number of allylic oxidation sites excluding steroid dienone is 3. The number of carbonyl (C=O) groups excluding carboxylic acids is 2. The molecular formula is C13H8Cl7NO3. The van der Waals surface area contributed by atoms with Gasteiger partial charge in [0.15, 0.2) is 4.33 Å². The van der Waals surface area contributed by atoms with E-state index in [1.807, 2.05) is 0 Å². The summed E-state index contributed by atoms with van der Waals surface area (Å²) in [4.78, 5) is 26.9. The first-order valence-electron chi connectivity index (χ1n) is 6.58. The van der Waals surface area contributed by atoms with E-state index in [9.17, 15) is 9.59 Å². The number of carbonyl (C=O) groups is 2. The molecule has 0 unspecified atom stereocenters. The lowest BCUT2D eigenvalue weighted by molar-refractivity contribution is -0.186. The van der Waals surface area contributed by atoms with Crippen molar-refractivity contribution in [1.82, 2.24) is 5.06 Å². The molecular weight excluding hydrogens is 466 g/mol. The molecule has 132 valence electrons. The Morgan fingerprint density at radius 1 is 1.08 bits per heavy atom. The molecule has 2 fully saturated rings. The van der Waals surface area contributed by atoms with Crippen molar-refractivity contribution in [2.75, 3.05) is 6.61 Å². The third kappa shape index (κ3) is 2.00. The first kappa shape index (κ1) is 19.4. The van der Waals surface area contributed by atoms with Crippen molar-refractivity contribution in [3.8, 4) is 0 Å². The number of hydrogen-bond donors (Lipinski definition) is 0. The SMILES string of the molecule is C/C(Cl)=C/CON1C(=O)[C@H]2[C@H](C1=O)[C@]1(Cl)C(Cl)=C(Cl)[C@]2(Cl)C1(Cl)Cl. The molecule has 24 heavy (non-hydrogen) atoms. The van der Waals surface area contributed by atoms with E-state index in [0.717, 1.165) is 0 Å². The quantitative estimate of drug-likeness (QED) is 0.447. The zero-order valence-electron chi connectivity index (χ0n) is 11.8. The molecule has 1 aliphatic heterocycles. The minimum Gasteiger partial charge on any atom is -0.272 e. The lowest BCUT2D eigenvalue weighted by Gasteiger charge is -2.34. The Kier molecular flexibility index (Phi) is 4.68. The summed E-state index contributed by atoms with van der Waals surface area (Å²) in [6.07, 6.45) is 1.48. The van der Waals surface area contributed by atoms with Crippen LogP contribution in [0.15, 0.2) is 21.2 Å².